The van der Waals surface area contributed by atoms with Gasteiger partial charge in [0.05, 0.1) is 12.2 Å². The van der Waals surface area contributed by atoms with Gasteiger partial charge >= 0.3 is 12.0 Å². The molecule has 7 heteroatoms. The number of halogens is 1. The van der Waals surface area contributed by atoms with Crippen LogP contribution in [0.15, 0.2) is 48.5 Å². The molecule has 0 aromatic heterocycles. The Morgan fingerprint density at radius 1 is 1.27 bits per heavy atom. The topological polar surface area (TPSA) is 58.6 Å². The number of nitrogens with zero attached hydrogens (tertiary/aromatic N) is 1. The van der Waals surface area contributed by atoms with Crippen LogP contribution >= 0.6 is 23.4 Å². The Kier molecular flexibility index (Phi) is 6.06. The molecule has 0 unspecified atom stereocenters. The third-order valence-electron chi connectivity index (χ3n) is 3.93. The van der Waals surface area contributed by atoms with Crippen LogP contribution in [0.2, 0.25) is 5.02 Å². The zero-order chi connectivity index (χ0) is 18.5. The van der Waals surface area contributed by atoms with E-state index in [1.54, 1.807) is 47.9 Å². The van der Waals surface area contributed by atoms with Crippen LogP contribution in [0, 0.1) is 0 Å². The summed E-state index contributed by atoms with van der Waals surface area (Å²) >= 11 is 7.79. The molecule has 2 aromatic carbocycles. The van der Waals surface area contributed by atoms with Gasteiger partial charge in [-0.05, 0) is 48.9 Å². The van der Waals surface area contributed by atoms with Gasteiger partial charge in [0.15, 0.2) is 0 Å². The number of ether oxygens (including phenoxy) is 1. The molecule has 2 aromatic rings. The first kappa shape index (κ1) is 18.6. The predicted octanol–water partition coefficient (Wildman–Crippen LogP) is 4.80. The van der Waals surface area contributed by atoms with Crippen LogP contribution in [0.5, 0.6) is 0 Å². The fraction of sp³-hybridized carbons (Fsp3) is 0.263. The van der Waals surface area contributed by atoms with Crippen LogP contribution in [0.1, 0.15) is 28.2 Å². The third kappa shape index (κ3) is 4.31. The predicted molar refractivity (Wildman–Crippen MR) is 105 cm³/mol. The summed E-state index contributed by atoms with van der Waals surface area (Å²) in [4.78, 5) is 26.2. The van der Waals surface area contributed by atoms with Crippen LogP contribution in [0.4, 0.5) is 10.5 Å². The standard InChI is InChI=1S/C19H19ClN2O3S/c1-2-25-18(23)13-6-8-16(9-7-13)21-19(24)22-10-11-26-17(22)14-4-3-5-15(20)12-14/h3-9,12,17H,2,10-11H2,1H3,(H,21,24)/t17-/m0/s1. The van der Waals surface area contributed by atoms with E-state index < -0.39 is 0 Å². The van der Waals surface area contributed by atoms with Crippen molar-refractivity contribution in [2.45, 2.75) is 12.3 Å². The Morgan fingerprint density at radius 3 is 2.73 bits per heavy atom. The van der Waals surface area contributed by atoms with Gasteiger partial charge in [0, 0.05) is 23.0 Å². The van der Waals surface area contributed by atoms with E-state index in [0.29, 0.717) is 29.4 Å². The van der Waals surface area contributed by atoms with Gasteiger partial charge in [-0.15, -0.1) is 11.8 Å². The van der Waals surface area contributed by atoms with Crippen molar-refractivity contribution in [1.82, 2.24) is 4.90 Å². The Morgan fingerprint density at radius 2 is 2.04 bits per heavy atom. The number of hydrogen-bond donors (Lipinski definition) is 1. The first-order valence-corrected chi connectivity index (χ1v) is 9.73. The minimum Gasteiger partial charge on any atom is -0.462 e. The lowest BCUT2D eigenvalue weighted by atomic mass is 10.2. The number of thioether (sulfide) groups is 1. The second-order valence-electron chi connectivity index (χ2n) is 5.70. The van der Waals surface area contributed by atoms with Gasteiger partial charge < -0.3 is 15.0 Å². The highest BCUT2D eigenvalue weighted by atomic mass is 35.5. The molecule has 1 aliphatic heterocycles. The van der Waals surface area contributed by atoms with Crippen LogP contribution in [-0.2, 0) is 4.74 Å². The van der Waals surface area contributed by atoms with E-state index in [9.17, 15) is 9.59 Å². The van der Waals surface area contributed by atoms with Crippen LogP contribution < -0.4 is 5.32 Å². The van der Waals surface area contributed by atoms with Crippen molar-refractivity contribution in [3.63, 3.8) is 0 Å². The normalized spacial score (nSPS) is 16.4. The molecule has 2 amide bonds. The molecule has 136 valence electrons. The molecule has 3 rings (SSSR count). The lowest BCUT2D eigenvalue weighted by Crippen LogP contribution is -2.34. The first-order valence-electron chi connectivity index (χ1n) is 8.30. The van der Waals surface area contributed by atoms with E-state index in [2.05, 4.69) is 5.32 Å². The number of nitrogens with one attached hydrogen (secondary N) is 1. The maximum absolute atomic E-state index is 12.7. The fourth-order valence-electron chi connectivity index (χ4n) is 2.71. The average Bonchev–Trinajstić information content (AvgIpc) is 3.12. The molecule has 1 atom stereocenters. The Bertz CT molecular complexity index is 798. The second-order valence-corrected chi connectivity index (χ2v) is 7.32. The van der Waals surface area contributed by atoms with Gasteiger partial charge in [0.2, 0.25) is 0 Å². The van der Waals surface area contributed by atoms with Gasteiger partial charge in [0.1, 0.15) is 5.37 Å². The number of rotatable bonds is 4. The molecular weight excluding hydrogens is 372 g/mol. The third-order valence-corrected chi connectivity index (χ3v) is 5.43. The van der Waals surface area contributed by atoms with Gasteiger partial charge in [0.25, 0.3) is 0 Å². The summed E-state index contributed by atoms with van der Waals surface area (Å²) in [5.41, 5.74) is 2.09. The Balaban J connectivity index is 1.68. The van der Waals surface area contributed by atoms with Crippen LogP contribution in [-0.4, -0.2) is 35.8 Å². The van der Waals surface area contributed by atoms with Crippen molar-refractivity contribution >= 4 is 41.1 Å². The number of amides is 2. The van der Waals surface area contributed by atoms with Crippen molar-refractivity contribution in [2.75, 3.05) is 24.2 Å². The zero-order valence-corrected chi connectivity index (χ0v) is 15.8. The van der Waals surface area contributed by atoms with Gasteiger partial charge in [-0.25, -0.2) is 9.59 Å². The molecular formula is C19H19ClN2O3S. The number of anilines is 1. The van der Waals surface area contributed by atoms with Crippen molar-refractivity contribution in [2.24, 2.45) is 0 Å². The summed E-state index contributed by atoms with van der Waals surface area (Å²) in [7, 11) is 0. The summed E-state index contributed by atoms with van der Waals surface area (Å²) in [6.07, 6.45) is 0. The first-order chi connectivity index (χ1) is 12.6. The quantitative estimate of drug-likeness (QED) is 0.762. The monoisotopic (exact) mass is 390 g/mol. The lowest BCUT2D eigenvalue weighted by Gasteiger charge is -2.24. The minimum atomic E-state index is -0.373. The number of carbonyl (C=O) groups is 2. The molecule has 0 spiro atoms. The molecule has 1 aliphatic rings. The molecule has 0 saturated carbocycles. The molecule has 1 saturated heterocycles. The van der Waals surface area contributed by atoms with Crippen molar-refractivity contribution in [3.05, 3.63) is 64.7 Å². The maximum atomic E-state index is 12.7. The maximum Gasteiger partial charge on any atom is 0.338 e. The molecule has 0 bridgehead atoms. The molecule has 5 nitrogen and oxygen atoms in total. The summed E-state index contributed by atoms with van der Waals surface area (Å²) in [6, 6.07) is 14.1. The van der Waals surface area contributed by atoms with Crippen LogP contribution in [0.3, 0.4) is 0 Å². The highest BCUT2D eigenvalue weighted by molar-refractivity contribution is 7.99. The number of esters is 1. The van der Waals surface area contributed by atoms with E-state index in [-0.39, 0.29) is 17.4 Å². The van der Waals surface area contributed by atoms with E-state index in [1.807, 2.05) is 24.3 Å². The van der Waals surface area contributed by atoms with E-state index in [0.717, 1.165) is 11.3 Å². The number of urea groups is 1. The van der Waals surface area contributed by atoms with E-state index in [1.165, 1.54) is 0 Å². The summed E-state index contributed by atoms with van der Waals surface area (Å²) in [6.45, 7) is 2.75. The smallest absolute Gasteiger partial charge is 0.338 e. The molecule has 1 fully saturated rings. The van der Waals surface area contributed by atoms with Crippen molar-refractivity contribution < 1.29 is 14.3 Å². The molecule has 0 aliphatic carbocycles. The highest BCUT2D eigenvalue weighted by Gasteiger charge is 2.30. The molecule has 1 heterocycles. The van der Waals surface area contributed by atoms with E-state index >= 15 is 0 Å². The van der Waals surface area contributed by atoms with Gasteiger partial charge in [-0.3, -0.25) is 0 Å². The molecule has 1 N–H and O–H groups in total. The molecule has 0 radical (unpaired) electrons. The second kappa shape index (κ2) is 8.47. The lowest BCUT2D eigenvalue weighted by molar-refractivity contribution is 0.0526. The largest absolute Gasteiger partial charge is 0.462 e. The SMILES string of the molecule is CCOC(=O)c1ccc(NC(=O)N2CCS[C@H]2c2cccc(Cl)c2)cc1. The Labute approximate surface area is 161 Å². The summed E-state index contributed by atoms with van der Waals surface area (Å²) in [5, 5.41) is 3.48. The summed E-state index contributed by atoms with van der Waals surface area (Å²) < 4.78 is 4.95. The Hall–Kier alpha value is -2.18. The number of carbonyl (C=O) groups excluding carboxylic acids is 2. The van der Waals surface area contributed by atoms with E-state index in [4.69, 9.17) is 16.3 Å². The van der Waals surface area contributed by atoms with Gasteiger partial charge in [-0.1, -0.05) is 23.7 Å². The summed E-state index contributed by atoms with van der Waals surface area (Å²) in [5.74, 6) is 0.495. The fourth-order valence-corrected chi connectivity index (χ4v) is 4.16. The minimum absolute atomic E-state index is 0.0625. The number of benzene rings is 2. The van der Waals surface area contributed by atoms with Crippen LogP contribution in [0.25, 0.3) is 0 Å². The molecule has 26 heavy (non-hydrogen) atoms. The van der Waals surface area contributed by atoms with Gasteiger partial charge in [-0.2, -0.15) is 0 Å². The van der Waals surface area contributed by atoms with Crippen molar-refractivity contribution in [1.29, 1.82) is 0 Å². The highest BCUT2D eigenvalue weighted by Crippen LogP contribution is 2.38. The number of hydrogen-bond acceptors (Lipinski definition) is 4. The van der Waals surface area contributed by atoms with Crippen molar-refractivity contribution in [3.8, 4) is 0 Å². The average molecular weight is 391 g/mol. The zero-order valence-electron chi connectivity index (χ0n) is 14.3.